The number of aryl methyl sites for hydroxylation is 1. The number of hydrogen-bond donors (Lipinski definition) is 0. The van der Waals surface area contributed by atoms with Gasteiger partial charge in [0.05, 0.1) is 18.2 Å². The number of rotatable bonds is 4. The van der Waals surface area contributed by atoms with E-state index in [1.54, 1.807) is 18.3 Å². The highest BCUT2D eigenvalue weighted by Crippen LogP contribution is 2.12. The van der Waals surface area contributed by atoms with Crippen molar-refractivity contribution >= 4 is 0 Å². The average molecular weight is 227 g/mol. The van der Waals surface area contributed by atoms with E-state index < -0.39 is 0 Å². The van der Waals surface area contributed by atoms with E-state index in [1.165, 1.54) is 0 Å². The summed E-state index contributed by atoms with van der Waals surface area (Å²) < 4.78 is 7.54. The molecule has 0 radical (unpaired) electrons. The molecule has 0 aliphatic carbocycles. The molecule has 17 heavy (non-hydrogen) atoms. The van der Waals surface area contributed by atoms with Gasteiger partial charge in [-0.3, -0.25) is 0 Å². The van der Waals surface area contributed by atoms with Crippen LogP contribution in [0.1, 0.15) is 11.4 Å². The smallest absolute Gasteiger partial charge is 0.120 e. The zero-order chi connectivity index (χ0) is 12.1. The highest BCUT2D eigenvalue weighted by molar-refractivity contribution is 5.36. The van der Waals surface area contributed by atoms with Crippen LogP contribution in [-0.4, -0.2) is 16.2 Å². The molecule has 0 N–H and O–H groups in total. The number of nitrogens with zero attached hydrogens (tertiary/aromatic N) is 3. The summed E-state index contributed by atoms with van der Waals surface area (Å²) in [4.78, 5) is 4.21. The zero-order valence-electron chi connectivity index (χ0n) is 9.63. The summed E-state index contributed by atoms with van der Waals surface area (Å²) in [7, 11) is 1.96. The quantitative estimate of drug-likeness (QED) is 0.801. The number of nitriles is 1. The average Bonchev–Trinajstić information content (AvgIpc) is 2.76. The molecule has 0 bridgehead atoms. The molecular formula is C13H13N3O. The summed E-state index contributed by atoms with van der Waals surface area (Å²) in [5.74, 6) is 1.71. The van der Waals surface area contributed by atoms with Gasteiger partial charge in [-0.1, -0.05) is 6.07 Å². The van der Waals surface area contributed by atoms with Crippen molar-refractivity contribution in [1.82, 2.24) is 9.55 Å². The lowest BCUT2D eigenvalue weighted by atomic mass is 10.2. The van der Waals surface area contributed by atoms with Gasteiger partial charge in [-0.15, -0.1) is 0 Å². The van der Waals surface area contributed by atoms with Crippen molar-refractivity contribution in [2.75, 3.05) is 6.61 Å². The van der Waals surface area contributed by atoms with Crippen molar-refractivity contribution in [2.45, 2.75) is 6.42 Å². The molecule has 0 atom stereocenters. The lowest BCUT2D eigenvalue weighted by Crippen LogP contribution is -2.06. The van der Waals surface area contributed by atoms with Gasteiger partial charge in [0.1, 0.15) is 11.6 Å². The third-order valence-electron chi connectivity index (χ3n) is 2.48. The second-order valence-corrected chi connectivity index (χ2v) is 3.69. The fraction of sp³-hybridized carbons (Fsp3) is 0.231. The van der Waals surface area contributed by atoms with Crippen LogP contribution >= 0.6 is 0 Å². The second kappa shape index (κ2) is 5.17. The van der Waals surface area contributed by atoms with Gasteiger partial charge in [0.2, 0.25) is 0 Å². The first kappa shape index (κ1) is 11.2. The Morgan fingerprint density at radius 1 is 1.47 bits per heavy atom. The van der Waals surface area contributed by atoms with E-state index in [4.69, 9.17) is 10.00 Å². The Balaban J connectivity index is 1.90. The molecule has 0 aliphatic rings. The number of imidazole rings is 1. The molecule has 0 amide bonds. The van der Waals surface area contributed by atoms with Crippen molar-refractivity contribution in [3.05, 3.63) is 48.0 Å². The van der Waals surface area contributed by atoms with Crippen LogP contribution in [0.5, 0.6) is 5.75 Å². The molecule has 1 aromatic heterocycles. The second-order valence-electron chi connectivity index (χ2n) is 3.69. The summed E-state index contributed by atoms with van der Waals surface area (Å²) >= 11 is 0. The molecule has 2 aromatic rings. The highest BCUT2D eigenvalue weighted by Gasteiger charge is 2.00. The SMILES string of the molecule is Cn1ccnc1CCOc1cccc(C#N)c1. The fourth-order valence-corrected chi connectivity index (χ4v) is 1.55. The van der Waals surface area contributed by atoms with E-state index in [1.807, 2.05) is 29.9 Å². The molecule has 0 spiro atoms. The Morgan fingerprint density at radius 3 is 3.06 bits per heavy atom. The summed E-state index contributed by atoms with van der Waals surface area (Å²) in [6, 6.07) is 9.23. The maximum atomic E-state index is 8.76. The van der Waals surface area contributed by atoms with E-state index in [9.17, 15) is 0 Å². The van der Waals surface area contributed by atoms with Gasteiger partial charge >= 0.3 is 0 Å². The lowest BCUT2D eigenvalue weighted by molar-refractivity contribution is 0.317. The molecular weight excluding hydrogens is 214 g/mol. The van der Waals surface area contributed by atoms with Gasteiger partial charge < -0.3 is 9.30 Å². The maximum absolute atomic E-state index is 8.76. The minimum Gasteiger partial charge on any atom is -0.493 e. The Kier molecular flexibility index (Phi) is 3.41. The molecule has 0 fully saturated rings. The van der Waals surface area contributed by atoms with Crippen molar-refractivity contribution in [3.8, 4) is 11.8 Å². The van der Waals surface area contributed by atoms with E-state index in [0.29, 0.717) is 12.2 Å². The first-order chi connectivity index (χ1) is 8.29. The summed E-state index contributed by atoms with van der Waals surface area (Å²) in [6.07, 6.45) is 4.43. The summed E-state index contributed by atoms with van der Waals surface area (Å²) in [6.45, 7) is 0.555. The molecule has 1 aromatic carbocycles. The molecule has 0 unspecified atom stereocenters. The van der Waals surface area contributed by atoms with Gasteiger partial charge in [0.25, 0.3) is 0 Å². The molecule has 86 valence electrons. The number of aromatic nitrogens is 2. The summed E-state index contributed by atoms with van der Waals surface area (Å²) in [5.41, 5.74) is 0.611. The van der Waals surface area contributed by atoms with Crippen LogP contribution in [0.25, 0.3) is 0 Å². The number of hydrogen-bond acceptors (Lipinski definition) is 3. The first-order valence-electron chi connectivity index (χ1n) is 5.39. The lowest BCUT2D eigenvalue weighted by Gasteiger charge is -2.06. The third kappa shape index (κ3) is 2.85. The van der Waals surface area contributed by atoms with E-state index in [0.717, 1.165) is 18.0 Å². The van der Waals surface area contributed by atoms with Crippen LogP contribution in [0.15, 0.2) is 36.7 Å². The molecule has 2 rings (SSSR count). The third-order valence-corrected chi connectivity index (χ3v) is 2.48. The standard InChI is InChI=1S/C13H13N3O/c1-16-7-6-15-13(16)5-8-17-12-4-2-3-11(9-12)10-14/h2-4,6-7,9H,5,8H2,1H3. The Bertz CT molecular complexity index is 540. The number of ether oxygens (including phenoxy) is 1. The van der Waals surface area contributed by atoms with E-state index in [2.05, 4.69) is 11.1 Å². The Labute approximate surface area is 100 Å². The molecule has 1 heterocycles. The van der Waals surface area contributed by atoms with Crippen molar-refractivity contribution in [1.29, 1.82) is 5.26 Å². The van der Waals surface area contributed by atoms with Gasteiger partial charge in [-0.05, 0) is 18.2 Å². The molecule has 4 nitrogen and oxygen atoms in total. The largest absolute Gasteiger partial charge is 0.493 e. The van der Waals surface area contributed by atoms with Crippen LogP contribution in [-0.2, 0) is 13.5 Å². The predicted molar refractivity (Wildman–Crippen MR) is 63.6 cm³/mol. The zero-order valence-corrected chi connectivity index (χ0v) is 9.63. The van der Waals surface area contributed by atoms with Crippen molar-refractivity contribution in [3.63, 3.8) is 0 Å². The Hall–Kier alpha value is -2.28. The topological polar surface area (TPSA) is 50.8 Å². The molecule has 0 saturated heterocycles. The van der Waals surface area contributed by atoms with Crippen molar-refractivity contribution < 1.29 is 4.74 Å². The highest BCUT2D eigenvalue weighted by atomic mass is 16.5. The normalized spacial score (nSPS) is 9.88. The number of benzene rings is 1. The monoisotopic (exact) mass is 227 g/mol. The Morgan fingerprint density at radius 2 is 2.35 bits per heavy atom. The predicted octanol–water partition coefficient (Wildman–Crippen LogP) is 1.91. The van der Waals surface area contributed by atoms with Gasteiger partial charge in [0, 0.05) is 25.9 Å². The minimum absolute atomic E-state index is 0.555. The van der Waals surface area contributed by atoms with Gasteiger partial charge in [-0.25, -0.2) is 4.98 Å². The molecule has 4 heteroatoms. The van der Waals surface area contributed by atoms with E-state index >= 15 is 0 Å². The van der Waals surface area contributed by atoms with Crippen LogP contribution in [0.4, 0.5) is 0 Å². The summed E-state index contributed by atoms with van der Waals surface area (Å²) in [5, 5.41) is 8.76. The fourth-order valence-electron chi connectivity index (χ4n) is 1.55. The van der Waals surface area contributed by atoms with Crippen LogP contribution in [0, 0.1) is 11.3 Å². The first-order valence-corrected chi connectivity index (χ1v) is 5.39. The van der Waals surface area contributed by atoms with E-state index in [-0.39, 0.29) is 0 Å². The van der Waals surface area contributed by atoms with Crippen LogP contribution in [0.3, 0.4) is 0 Å². The molecule has 0 aliphatic heterocycles. The van der Waals surface area contributed by atoms with Crippen LogP contribution in [0.2, 0.25) is 0 Å². The minimum atomic E-state index is 0.555. The van der Waals surface area contributed by atoms with Gasteiger partial charge in [0.15, 0.2) is 0 Å². The maximum Gasteiger partial charge on any atom is 0.120 e. The van der Waals surface area contributed by atoms with Gasteiger partial charge in [-0.2, -0.15) is 5.26 Å². The van der Waals surface area contributed by atoms with Crippen molar-refractivity contribution in [2.24, 2.45) is 7.05 Å². The molecule has 0 saturated carbocycles. The van der Waals surface area contributed by atoms with Crippen LogP contribution < -0.4 is 4.74 Å².